The first-order valence-electron chi connectivity index (χ1n) is 6.41. The first kappa shape index (κ1) is 12.9. The zero-order valence-corrected chi connectivity index (χ0v) is 11.1. The van der Waals surface area contributed by atoms with Crippen LogP contribution in [0, 0.1) is 0 Å². The summed E-state index contributed by atoms with van der Waals surface area (Å²) < 4.78 is 27.4. The van der Waals surface area contributed by atoms with Gasteiger partial charge in [0.15, 0.2) is 0 Å². The lowest BCUT2D eigenvalue weighted by molar-refractivity contribution is -0.0542. The molecule has 7 heteroatoms. The lowest BCUT2D eigenvalue weighted by Gasteiger charge is -2.32. The molecule has 104 valence electrons. The molecule has 1 saturated heterocycles. The lowest BCUT2D eigenvalue weighted by Crippen LogP contribution is -2.57. The van der Waals surface area contributed by atoms with Gasteiger partial charge in [-0.1, -0.05) is 0 Å². The van der Waals surface area contributed by atoms with Crippen LogP contribution in [-0.4, -0.2) is 35.9 Å². The Morgan fingerprint density at radius 3 is 3.00 bits per heavy atom. The van der Waals surface area contributed by atoms with Gasteiger partial charge in [0.1, 0.15) is 10.9 Å². The number of aromatic nitrogens is 1. The van der Waals surface area contributed by atoms with Crippen molar-refractivity contribution in [1.82, 2.24) is 15.6 Å². The first-order chi connectivity index (χ1) is 9.08. The van der Waals surface area contributed by atoms with Crippen LogP contribution in [0.15, 0.2) is 5.51 Å². The number of nitrogens with zero attached hydrogens (tertiary/aromatic N) is 1. The van der Waals surface area contributed by atoms with Crippen molar-refractivity contribution in [3.8, 4) is 0 Å². The van der Waals surface area contributed by atoms with Crippen molar-refractivity contribution < 1.29 is 13.6 Å². The molecule has 1 unspecified atom stereocenters. The molecule has 19 heavy (non-hydrogen) atoms. The van der Waals surface area contributed by atoms with Gasteiger partial charge in [0.05, 0.1) is 11.2 Å². The summed E-state index contributed by atoms with van der Waals surface area (Å²) in [6.45, 7) is 0.392. The van der Waals surface area contributed by atoms with Crippen molar-refractivity contribution in [2.75, 3.05) is 13.1 Å². The molecule has 2 heterocycles. The van der Waals surface area contributed by atoms with E-state index in [0.717, 1.165) is 18.5 Å². The predicted octanol–water partition coefficient (Wildman–Crippen LogP) is 1.75. The number of piperidine rings is 1. The molecule has 0 aromatic carbocycles. The SMILES string of the molecule is O=C(NC1CNCCC1(F)F)c1scnc1C1CC1. The van der Waals surface area contributed by atoms with E-state index >= 15 is 0 Å². The van der Waals surface area contributed by atoms with E-state index in [1.54, 1.807) is 5.51 Å². The Morgan fingerprint density at radius 2 is 2.32 bits per heavy atom. The molecular formula is C12H15F2N3OS. The second kappa shape index (κ2) is 4.79. The number of hydrogen-bond acceptors (Lipinski definition) is 4. The van der Waals surface area contributed by atoms with Crippen molar-refractivity contribution in [3.05, 3.63) is 16.1 Å². The fraction of sp³-hybridized carbons (Fsp3) is 0.667. The zero-order chi connectivity index (χ0) is 13.5. The fourth-order valence-electron chi connectivity index (χ4n) is 2.28. The molecule has 1 saturated carbocycles. The summed E-state index contributed by atoms with van der Waals surface area (Å²) in [4.78, 5) is 16.8. The van der Waals surface area contributed by atoms with Crippen LogP contribution < -0.4 is 10.6 Å². The molecule has 1 amide bonds. The maximum absolute atomic E-state index is 13.7. The van der Waals surface area contributed by atoms with E-state index in [-0.39, 0.29) is 19.5 Å². The van der Waals surface area contributed by atoms with E-state index in [9.17, 15) is 13.6 Å². The van der Waals surface area contributed by atoms with Crippen LogP contribution in [-0.2, 0) is 0 Å². The monoisotopic (exact) mass is 287 g/mol. The molecule has 2 aliphatic rings. The summed E-state index contributed by atoms with van der Waals surface area (Å²) >= 11 is 1.23. The van der Waals surface area contributed by atoms with Crippen molar-refractivity contribution in [2.45, 2.75) is 37.1 Å². The molecule has 4 nitrogen and oxygen atoms in total. The van der Waals surface area contributed by atoms with Gasteiger partial charge in [-0.2, -0.15) is 0 Å². The number of thiazole rings is 1. The van der Waals surface area contributed by atoms with E-state index in [0.29, 0.717) is 10.8 Å². The maximum atomic E-state index is 13.7. The number of hydrogen-bond donors (Lipinski definition) is 2. The van der Waals surface area contributed by atoms with Crippen LogP contribution in [0.5, 0.6) is 0 Å². The van der Waals surface area contributed by atoms with Gasteiger partial charge < -0.3 is 10.6 Å². The fourth-order valence-corrected chi connectivity index (χ4v) is 3.06. The number of carbonyl (C=O) groups is 1. The van der Waals surface area contributed by atoms with Crippen molar-refractivity contribution in [3.63, 3.8) is 0 Å². The minimum absolute atomic E-state index is 0.107. The van der Waals surface area contributed by atoms with E-state index < -0.39 is 17.9 Å². The topological polar surface area (TPSA) is 54.0 Å². The lowest BCUT2D eigenvalue weighted by atomic mass is 10.0. The van der Waals surface area contributed by atoms with Gasteiger partial charge in [0.25, 0.3) is 11.8 Å². The number of rotatable bonds is 3. The Balaban J connectivity index is 1.72. The number of alkyl halides is 2. The first-order valence-corrected chi connectivity index (χ1v) is 7.28. The Morgan fingerprint density at radius 1 is 1.53 bits per heavy atom. The standard InChI is InChI=1S/C12H15F2N3OS/c13-12(14)3-4-15-5-8(12)17-11(18)10-9(7-1-2-7)16-6-19-10/h6-8,15H,1-5H2,(H,17,18). The van der Waals surface area contributed by atoms with Crippen LogP contribution in [0.3, 0.4) is 0 Å². The van der Waals surface area contributed by atoms with Gasteiger partial charge in [0.2, 0.25) is 0 Å². The van der Waals surface area contributed by atoms with Crippen molar-refractivity contribution >= 4 is 17.2 Å². The smallest absolute Gasteiger partial charge is 0.270 e. The summed E-state index contributed by atoms with van der Waals surface area (Å²) in [6.07, 6.45) is 1.83. The Bertz CT molecular complexity index is 487. The number of amides is 1. The molecule has 0 bridgehead atoms. The van der Waals surface area contributed by atoms with E-state index in [1.807, 2.05) is 0 Å². The van der Waals surface area contributed by atoms with Crippen LogP contribution in [0.1, 0.15) is 40.5 Å². The van der Waals surface area contributed by atoms with Crippen LogP contribution in [0.2, 0.25) is 0 Å². The van der Waals surface area contributed by atoms with Crippen LogP contribution >= 0.6 is 11.3 Å². The largest absolute Gasteiger partial charge is 0.341 e. The molecule has 2 N–H and O–H groups in total. The van der Waals surface area contributed by atoms with Gasteiger partial charge in [-0.25, -0.2) is 13.8 Å². The molecule has 1 aliphatic carbocycles. The average molecular weight is 287 g/mol. The van der Waals surface area contributed by atoms with Crippen molar-refractivity contribution in [1.29, 1.82) is 0 Å². The minimum atomic E-state index is -2.84. The van der Waals surface area contributed by atoms with Gasteiger partial charge in [-0.05, 0) is 12.8 Å². The summed E-state index contributed by atoms with van der Waals surface area (Å²) in [5.74, 6) is -2.92. The van der Waals surface area contributed by atoms with Gasteiger partial charge in [-0.15, -0.1) is 11.3 Å². The molecule has 1 aromatic heterocycles. The quantitative estimate of drug-likeness (QED) is 0.890. The maximum Gasteiger partial charge on any atom is 0.270 e. The highest BCUT2D eigenvalue weighted by atomic mass is 32.1. The molecule has 0 spiro atoms. The summed E-state index contributed by atoms with van der Waals surface area (Å²) in [6, 6.07) is -1.14. The third-order valence-corrected chi connectivity index (χ3v) is 4.41. The molecule has 1 atom stereocenters. The molecule has 3 rings (SSSR count). The Kier molecular flexibility index (Phi) is 3.26. The van der Waals surface area contributed by atoms with Gasteiger partial charge >= 0.3 is 0 Å². The highest BCUT2D eigenvalue weighted by molar-refractivity contribution is 7.11. The number of nitrogens with one attached hydrogen (secondary N) is 2. The highest BCUT2D eigenvalue weighted by Gasteiger charge is 2.43. The summed E-state index contributed by atoms with van der Waals surface area (Å²) in [7, 11) is 0. The van der Waals surface area contributed by atoms with E-state index in [1.165, 1.54) is 11.3 Å². The molecular weight excluding hydrogens is 272 g/mol. The Hall–Kier alpha value is -1.08. The predicted molar refractivity (Wildman–Crippen MR) is 67.8 cm³/mol. The van der Waals surface area contributed by atoms with Gasteiger partial charge in [0, 0.05) is 25.4 Å². The van der Waals surface area contributed by atoms with Crippen LogP contribution in [0.4, 0.5) is 8.78 Å². The second-order valence-corrected chi connectivity index (χ2v) is 5.94. The highest BCUT2D eigenvalue weighted by Crippen LogP contribution is 2.41. The molecule has 2 fully saturated rings. The molecule has 0 radical (unpaired) electrons. The third-order valence-electron chi connectivity index (χ3n) is 3.56. The minimum Gasteiger partial charge on any atom is -0.341 e. The van der Waals surface area contributed by atoms with Crippen LogP contribution in [0.25, 0.3) is 0 Å². The summed E-state index contributed by atoms with van der Waals surface area (Å²) in [5, 5.41) is 5.34. The Labute approximate surface area is 113 Å². The number of halogens is 2. The van der Waals surface area contributed by atoms with E-state index in [4.69, 9.17) is 0 Å². The normalized spacial score (nSPS) is 26.1. The molecule has 1 aromatic rings. The third kappa shape index (κ3) is 2.62. The zero-order valence-electron chi connectivity index (χ0n) is 10.3. The van der Waals surface area contributed by atoms with E-state index in [2.05, 4.69) is 15.6 Å². The van der Waals surface area contributed by atoms with Crippen molar-refractivity contribution in [2.24, 2.45) is 0 Å². The summed E-state index contributed by atoms with van der Waals surface area (Å²) in [5.41, 5.74) is 2.38. The molecule has 1 aliphatic heterocycles. The van der Waals surface area contributed by atoms with Gasteiger partial charge in [-0.3, -0.25) is 4.79 Å². The number of carbonyl (C=O) groups excluding carboxylic acids is 1. The second-order valence-electron chi connectivity index (χ2n) is 5.08. The average Bonchev–Trinajstić information content (AvgIpc) is 3.09.